The van der Waals surface area contributed by atoms with Crippen LogP contribution in [0, 0.1) is 13.8 Å². The predicted molar refractivity (Wildman–Crippen MR) is 93.1 cm³/mol. The lowest BCUT2D eigenvalue weighted by molar-refractivity contribution is -0.131. The summed E-state index contributed by atoms with van der Waals surface area (Å²) in [5.74, 6) is 1.03. The molecule has 1 fully saturated rings. The van der Waals surface area contributed by atoms with Gasteiger partial charge < -0.3 is 9.64 Å². The molecule has 1 saturated heterocycles. The molecule has 1 aromatic heterocycles. The number of carbonyl (C=O) groups is 1. The average Bonchev–Trinajstić information content (AvgIpc) is 3.18. The standard InChI is InChI=1S/C19H25N3O2/c1-14-11-20-21(12-14)13-17-5-4-8-22(17)19(23)10-16-7-6-15(2)18(9-16)24-3/h6-7,9,11-12,17H,4-5,8,10,13H2,1-3H3/t17-/m1/s1. The molecule has 1 aromatic carbocycles. The Balaban J connectivity index is 1.67. The van der Waals surface area contributed by atoms with Crippen LogP contribution in [0.3, 0.4) is 0 Å². The van der Waals surface area contributed by atoms with E-state index < -0.39 is 0 Å². The number of aromatic nitrogens is 2. The van der Waals surface area contributed by atoms with Gasteiger partial charge in [0.2, 0.25) is 5.91 Å². The third-order valence-corrected chi connectivity index (χ3v) is 4.69. The Kier molecular flexibility index (Phi) is 4.88. The smallest absolute Gasteiger partial charge is 0.227 e. The number of benzene rings is 1. The number of nitrogens with zero attached hydrogens (tertiary/aromatic N) is 3. The van der Waals surface area contributed by atoms with Gasteiger partial charge in [-0.2, -0.15) is 5.10 Å². The average molecular weight is 327 g/mol. The molecule has 0 spiro atoms. The monoisotopic (exact) mass is 327 g/mol. The first-order chi connectivity index (χ1) is 11.6. The number of likely N-dealkylation sites (tertiary alicyclic amines) is 1. The minimum Gasteiger partial charge on any atom is -0.496 e. The van der Waals surface area contributed by atoms with Crippen LogP contribution < -0.4 is 4.74 Å². The van der Waals surface area contributed by atoms with Crippen molar-refractivity contribution in [2.45, 2.75) is 45.7 Å². The Labute approximate surface area is 143 Å². The van der Waals surface area contributed by atoms with Crippen molar-refractivity contribution >= 4 is 5.91 Å². The number of rotatable bonds is 5. The Bertz CT molecular complexity index is 723. The van der Waals surface area contributed by atoms with Gasteiger partial charge in [-0.25, -0.2) is 0 Å². The normalized spacial score (nSPS) is 17.3. The van der Waals surface area contributed by atoms with Gasteiger partial charge in [-0.1, -0.05) is 12.1 Å². The van der Waals surface area contributed by atoms with Gasteiger partial charge in [-0.3, -0.25) is 9.48 Å². The van der Waals surface area contributed by atoms with Crippen LogP contribution in [0.4, 0.5) is 0 Å². The van der Waals surface area contributed by atoms with Crippen molar-refractivity contribution in [1.29, 1.82) is 0 Å². The minimum absolute atomic E-state index is 0.187. The van der Waals surface area contributed by atoms with Gasteiger partial charge in [0.1, 0.15) is 5.75 Å². The highest BCUT2D eigenvalue weighted by Crippen LogP contribution is 2.23. The van der Waals surface area contributed by atoms with E-state index in [0.717, 1.165) is 48.4 Å². The quantitative estimate of drug-likeness (QED) is 0.848. The van der Waals surface area contributed by atoms with Crippen LogP contribution in [0.2, 0.25) is 0 Å². The lowest BCUT2D eigenvalue weighted by Gasteiger charge is -2.25. The Morgan fingerprint density at radius 3 is 2.92 bits per heavy atom. The number of amides is 1. The molecule has 3 rings (SSSR count). The van der Waals surface area contributed by atoms with Crippen LogP contribution in [-0.4, -0.2) is 40.3 Å². The van der Waals surface area contributed by atoms with E-state index in [9.17, 15) is 4.79 Å². The minimum atomic E-state index is 0.187. The lowest BCUT2D eigenvalue weighted by Crippen LogP contribution is -2.39. The van der Waals surface area contributed by atoms with Crippen LogP contribution in [0.5, 0.6) is 5.75 Å². The van der Waals surface area contributed by atoms with Gasteiger partial charge in [-0.15, -0.1) is 0 Å². The first-order valence-electron chi connectivity index (χ1n) is 8.49. The van der Waals surface area contributed by atoms with E-state index in [1.807, 2.05) is 54.0 Å². The third kappa shape index (κ3) is 3.61. The zero-order valence-electron chi connectivity index (χ0n) is 14.7. The number of aryl methyl sites for hydroxylation is 2. The summed E-state index contributed by atoms with van der Waals surface area (Å²) in [6.45, 7) is 5.66. The van der Waals surface area contributed by atoms with E-state index >= 15 is 0 Å². The molecule has 1 aliphatic rings. The molecule has 0 N–H and O–H groups in total. The molecule has 0 unspecified atom stereocenters. The van der Waals surface area contributed by atoms with Crippen molar-refractivity contribution in [3.63, 3.8) is 0 Å². The molecule has 5 nitrogen and oxygen atoms in total. The lowest BCUT2D eigenvalue weighted by atomic mass is 10.1. The second-order valence-electron chi connectivity index (χ2n) is 6.60. The number of methoxy groups -OCH3 is 1. The SMILES string of the molecule is COc1cc(CC(=O)N2CCC[C@@H]2Cn2cc(C)cn2)ccc1C. The number of hydrogen-bond donors (Lipinski definition) is 0. The second kappa shape index (κ2) is 7.07. The van der Waals surface area contributed by atoms with Gasteiger partial charge in [0, 0.05) is 12.7 Å². The molecule has 1 atom stereocenters. The fourth-order valence-electron chi connectivity index (χ4n) is 3.39. The van der Waals surface area contributed by atoms with Crippen molar-refractivity contribution in [1.82, 2.24) is 14.7 Å². The maximum absolute atomic E-state index is 12.8. The summed E-state index contributed by atoms with van der Waals surface area (Å²) in [7, 11) is 1.66. The maximum atomic E-state index is 12.8. The molecule has 0 radical (unpaired) electrons. The summed E-state index contributed by atoms with van der Waals surface area (Å²) in [5.41, 5.74) is 3.24. The second-order valence-corrected chi connectivity index (χ2v) is 6.60. The Morgan fingerprint density at radius 1 is 1.38 bits per heavy atom. The van der Waals surface area contributed by atoms with Gasteiger partial charge in [0.05, 0.1) is 32.3 Å². The summed E-state index contributed by atoms with van der Waals surface area (Å²) in [4.78, 5) is 14.8. The van der Waals surface area contributed by atoms with Crippen LogP contribution >= 0.6 is 0 Å². The highest BCUT2D eigenvalue weighted by atomic mass is 16.5. The molecule has 0 bridgehead atoms. The van der Waals surface area contributed by atoms with Crippen LogP contribution in [0.25, 0.3) is 0 Å². The van der Waals surface area contributed by atoms with E-state index in [1.165, 1.54) is 0 Å². The summed E-state index contributed by atoms with van der Waals surface area (Å²) in [5, 5.41) is 4.35. The predicted octanol–water partition coefficient (Wildman–Crippen LogP) is 2.74. The fourth-order valence-corrected chi connectivity index (χ4v) is 3.39. The summed E-state index contributed by atoms with van der Waals surface area (Å²) >= 11 is 0. The summed E-state index contributed by atoms with van der Waals surface area (Å²) in [6.07, 6.45) is 6.42. The number of carbonyl (C=O) groups excluding carboxylic acids is 1. The highest BCUT2D eigenvalue weighted by Gasteiger charge is 2.29. The molecule has 1 amide bonds. The van der Waals surface area contributed by atoms with Crippen molar-refractivity contribution in [2.24, 2.45) is 0 Å². The van der Waals surface area contributed by atoms with Gasteiger partial charge in [0.25, 0.3) is 0 Å². The van der Waals surface area contributed by atoms with Crippen molar-refractivity contribution < 1.29 is 9.53 Å². The molecule has 1 aliphatic heterocycles. The molecule has 2 heterocycles. The van der Waals surface area contributed by atoms with E-state index in [-0.39, 0.29) is 11.9 Å². The van der Waals surface area contributed by atoms with Crippen molar-refractivity contribution in [3.05, 3.63) is 47.3 Å². The first-order valence-corrected chi connectivity index (χ1v) is 8.49. The molecule has 5 heteroatoms. The first kappa shape index (κ1) is 16.6. The Hall–Kier alpha value is -2.30. The van der Waals surface area contributed by atoms with E-state index in [4.69, 9.17) is 4.74 Å². The zero-order chi connectivity index (χ0) is 17.1. The van der Waals surface area contributed by atoms with Crippen LogP contribution in [-0.2, 0) is 17.8 Å². The molecular formula is C19H25N3O2. The molecule has 128 valence electrons. The van der Waals surface area contributed by atoms with E-state index in [0.29, 0.717) is 6.42 Å². The van der Waals surface area contributed by atoms with Crippen LogP contribution in [0.15, 0.2) is 30.6 Å². The van der Waals surface area contributed by atoms with Gasteiger partial charge in [0.15, 0.2) is 0 Å². The summed E-state index contributed by atoms with van der Waals surface area (Å²) < 4.78 is 7.30. The van der Waals surface area contributed by atoms with E-state index in [2.05, 4.69) is 5.10 Å². The van der Waals surface area contributed by atoms with Gasteiger partial charge in [-0.05, 0) is 49.4 Å². The molecular weight excluding hydrogens is 302 g/mol. The maximum Gasteiger partial charge on any atom is 0.227 e. The van der Waals surface area contributed by atoms with Crippen LogP contribution in [0.1, 0.15) is 29.5 Å². The number of ether oxygens (including phenoxy) is 1. The molecule has 24 heavy (non-hydrogen) atoms. The largest absolute Gasteiger partial charge is 0.496 e. The molecule has 0 aliphatic carbocycles. The molecule has 2 aromatic rings. The van der Waals surface area contributed by atoms with Crippen molar-refractivity contribution in [2.75, 3.05) is 13.7 Å². The highest BCUT2D eigenvalue weighted by molar-refractivity contribution is 5.79. The topological polar surface area (TPSA) is 47.4 Å². The fraction of sp³-hybridized carbons (Fsp3) is 0.474. The summed E-state index contributed by atoms with van der Waals surface area (Å²) in [6, 6.07) is 6.23. The molecule has 0 saturated carbocycles. The van der Waals surface area contributed by atoms with Crippen molar-refractivity contribution in [3.8, 4) is 5.75 Å². The van der Waals surface area contributed by atoms with E-state index in [1.54, 1.807) is 7.11 Å². The Morgan fingerprint density at radius 2 is 2.21 bits per heavy atom. The third-order valence-electron chi connectivity index (χ3n) is 4.69. The number of hydrogen-bond acceptors (Lipinski definition) is 3. The zero-order valence-corrected chi connectivity index (χ0v) is 14.7. The van der Waals surface area contributed by atoms with Gasteiger partial charge >= 0.3 is 0 Å².